The van der Waals surface area contributed by atoms with Crippen molar-refractivity contribution in [1.82, 2.24) is 0 Å². The summed E-state index contributed by atoms with van der Waals surface area (Å²) in [6.45, 7) is 14.8. The lowest BCUT2D eigenvalue weighted by atomic mass is 9.47. The monoisotopic (exact) mass is 681 g/mol. The molecule has 4 heteroatoms. The van der Waals surface area contributed by atoms with E-state index in [1.165, 1.54) is 89.9 Å². The summed E-state index contributed by atoms with van der Waals surface area (Å²) in [6.07, 6.45) is 36.5. The van der Waals surface area contributed by atoms with E-state index in [4.69, 9.17) is 9.99 Å². The van der Waals surface area contributed by atoms with Gasteiger partial charge in [0.25, 0.3) is 0 Å². The zero-order valence-electron chi connectivity index (χ0n) is 32.7. The number of rotatable bonds is 21. The molecule has 0 heterocycles. The third kappa shape index (κ3) is 11.1. The molecule has 0 spiro atoms. The molecule has 0 bridgehead atoms. The maximum atomic E-state index is 12.8. The van der Waals surface area contributed by atoms with Gasteiger partial charge in [-0.1, -0.05) is 135 Å². The Bertz CT molecular complexity index is 1070. The molecule has 0 aliphatic heterocycles. The van der Waals surface area contributed by atoms with Crippen LogP contribution in [-0.4, -0.2) is 23.4 Å². The molecular weight excluding hydrogens is 604 g/mol. The van der Waals surface area contributed by atoms with Crippen LogP contribution in [0, 0.1) is 46.3 Å². The van der Waals surface area contributed by atoms with Crippen LogP contribution in [0.4, 0.5) is 0 Å². The SMILES string of the molecule is CCCCCC(/C=C/C=C\CCCCCCCC(=O)OC1CC[C@@]2(C)C(=CC[C@H]3[C@@H]4CC[C@H]([C@H](C)CCCC(C)C)[C@@]4(C)CC[C@@H]32)C1)OO. The standard InChI is InChI=1S/C45H76O4/c1-7-8-16-22-37(49-47)23-17-14-12-10-9-11-13-15-18-24-43(46)48-38-29-31-44(5)36(33-38)25-26-39-41-28-27-40(35(4)21-19-20-34(2)3)45(41,6)32-30-42(39)44/h12,14,17,23,25,34-35,37-42,47H,7-11,13,15-16,18-22,24,26-33H2,1-6H3/b14-12-,23-17+/t35-,37?,38?,39+,40-,41+,42+,44+,45-/m1/s1. The minimum atomic E-state index is -0.204. The Morgan fingerprint density at radius 2 is 1.69 bits per heavy atom. The van der Waals surface area contributed by atoms with Crippen molar-refractivity contribution in [2.45, 2.75) is 195 Å². The topological polar surface area (TPSA) is 55.8 Å². The van der Waals surface area contributed by atoms with Gasteiger partial charge in [0.1, 0.15) is 12.2 Å². The lowest BCUT2D eigenvalue weighted by Crippen LogP contribution is -2.51. The van der Waals surface area contributed by atoms with Gasteiger partial charge in [0, 0.05) is 12.8 Å². The molecule has 0 amide bonds. The average molecular weight is 681 g/mol. The Hall–Kier alpha value is -1.39. The van der Waals surface area contributed by atoms with Gasteiger partial charge in [-0.2, -0.15) is 0 Å². The second kappa shape index (κ2) is 20.0. The Kier molecular flexibility index (Phi) is 16.5. The number of fused-ring (bicyclic) bond motifs is 5. The van der Waals surface area contributed by atoms with Crippen molar-refractivity contribution in [3.8, 4) is 0 Å². The van der Waals surface area contributed by atoms with Gasteiger partial charge >= 0.3 is 5.97 Å². The molecule has 0 aromatic rings. The fraction of sp³-hybridized carbons (Fsp3) is 0.844. The quantitative estimate of drug-likeness (QED) is 0.0327. The molecule has 0 saturated heterocycles. The van der Waals surface area contributed by atoms with E-state index < -0.39 is 0 Å². The van der Waals surface area contributed by atoms with Crippen LogP contribution in [0.2, 0.25) is 0 Å². The Morgan fingerprint density at radius 3 is 2.47 bits per heavy atom. The number of hydrogen-bond donors (Lipinski definition) is 1. The molecule has 4 nitrogen and oxygen atoms in total. The number of allylic oxidation sites excluding steroid dienone is 4. The first-order valence-electron chi connectivity index (χ1n) is 21.1. The molecule has 280 valence electrons. The highest BCUT2D eigenvalue weighted by atomic mass is 17.1. The molecule has 0 aromatic heterocycles. The molecule has 49 heavy (non-hydrogen) atoms. The van der Waals surface area contributed by atoms with E-state index in [1.807, 2.05) is 12.2 Å². The third-order valence-electron chi connectivity index (χ3n) is 14.1. The van der Waals surface area contributed by atoms with Gasteiger partial charge in [-0.05, 0) is 117 Å². The fourth-order valence-electron chi connectivity index (χ4n) is 11.2. The third-order valence-corrected chi connectivity index (χ3v) is 14.1. The lowest BCUT2D eigenvalue weighted by molar-refractivity contribution is -0.267. The molecule has 4 rings (SSSR count). The van der Waals surface area contributed by atoms with Gasteiger partial charge in [-0.15, -0.1) is 0 Å². The van der Waals surface area contributed by atoms with Crippen LogP contribution in [0.3, 0.4) is 0 Å². The van der Waals surface area contributed by atoms with E-state index in [9.17, 15) is 4.79 Å². The largest absolute Gasteiger partial charge is 0.462 e. The number of carbonyl (C=O) groups is 1. The first-order chi connectivity index (χ1) is 23.6. The van der Waals surface area contributed by atoms with Crippen molar-refractivity contribution in [1.29, 1.82) is 0 Å². The molecule has 4 aliphatic rings. The first-order valence-corrected chi connectivity index (χ1v) is 21.1. The maximum Gasteiger partial charge on any atom is 0.306 e. The highest BCUT2D eigenvalue weighted by Gasteiger charge is 2.59. The normalized spacial score (nSPS) is 32.6. The smallest absolute Gasteiger partial charge is 0.306 e. The molecule has 0 radical (unpaired) electrons. The average Bonchev–Trinajstić information content (AvgIpc) is 3.43. The summed E-state index contributed by atoms with van der Waals surface area (Å²) in [5.74, 6) is 5.19. The van der Waals surface area contributed by atoms with Gasteiger partial charge in [0.2, 0.25) is 0 Å². The van der Waals surface area contributed by atoms with Crippen molar-refractivity contribution < 1.29 is 19.7 Å². The molecule has 3 fully saturated rings. The minimum Gasteiger partial charge on any atom is -0.462 e. The van der Waals surface area contributed by atoms with Crippen molar-refractivity contribution in [3.05, 3.63) is 36.0 Å². The number of carbonyl (C=O) groups excluding carboxylic acids is 1. The summed E-state index contributed by atoms with van der Waals surface area (Å²) in [6, 6.07) is 0. The maximum absolute atomic E-state index is 12.8. The second-order valence-corrected chi connectivity index (χ2v) is 17.9. The molecule has 0 aromatic carbocycles. The summed E-state index contributed by atoms with van der Waals surface area (Å²) in [4.78, 5) is 17.4. The summed E-state index contributed by atoms with van der Waals surface area (Å²) in [7, 11) is 0. The van der Waals surface area contributed by atoms with Crippen LogP contribution in [0.15, 0.2) is 36.0 Å². The van der Waals surface area contributed by atoms with Gasteiger partial charge in [0.15, 0.2) is 0 Å². The van der Waals surface area contributed by atoms with E-state index >= 15 is 0 Å². The highest BCUT2D eigenvalue weighted by molar-refractivity contribution is 5.69. The van der Waals surface area contributed by atoms with E-state index in [1.54, 1.807) is 5.57 Å². The van der Waals surface area contributed by atoms with Gasteiger partial charge < -0.3 is 4.74 Å². The molecule has 1 N–H and O–H groups in total. The van der Waals surface area contributed by atoms with E-state index in [0.717, 1.165) is 80.5 Å². The number of hydrogen-bond acceptors (Lipinski definition) is 4. The molecule has 9 atom stereocenters. The predicted molar refractivity (Wildman–Crippen MR) is 205 cm³/mol. The number of unbranched alkanes of at least 4 members (excludes halogenated alkanes) is 7. The van der Waals surface area contributed by atoms with Crippen LogP contribution in [-0.2, 0) is 14.4 Å². The van der Waals surface area contributed by atoms with Gasteiger partial charge in [0.05, 0.1) is 0 Å². The van der Waals surface area contributed by atoms with Crippen molar-refractivity contribution in [2.75, 3.05) is 0 Å². The summed E-state index contributed by atoms with van der Waals surface area (Å²) < 4.78 is 6.11. The van der Waals surface area contributed by atoms with E-state index in [2.05, 4.69) is 64.7 Å². The van der Waals surface area contributed by atoms with Crippen molar-refractivity contribution in [2.24, 2.45) is 46.3 Å². The zero-order chi connectivity index (χ0) is 35.3. The Labute approximate surface area is 302 Å². The van der Waals surface area contributed by atoms with Crippen LogP contribution >= 0.6 is 0 Å². The summed E-state index contributed by atoms with van der Waals surface area (Å²) in [5, 5.41) is 9.04. The van der Waals surface area contributed by atoms with E-state index in [-0.39, 0.29) is 18.2 Å². The molecule has 2 unspecified atom stereocenters. The van der Waals surface area contributed by atoms with E-state index in [0.29, 0.717) is 17.3 Å². The van der Waals surface area contributed by atoms with Crippen LogP contribution in [0.1, 0.15) is 183 Å². The zero-order valence-corrected chi connectivity index (χ0v) is 32.7. The van der Waals surface area contributed by atoms with Crippen molar-refractivity contribution >= 4 is 5.97 Å². The van der Waals surface area contributed by atoms with Gasteiger partial charge in [-0.25, -0.2) is 4.89 Å². The highest BCUT2D eigenvalue weighted by Crippen LogP contribution is 2.67. The first kappa shape index (κ1) is 40.4. The Balaban J connectivity index is 1.12. The second-order valence-electron chi connectivity index (χ2n) is 17.9. The van der Waals surface area contributed by atoms with Crippen molar-refractivity contribution in [3.63, 3.8) is 0 Å². The minimum absolute atomic E-state index is 0.0189. The number of esters is 1. The molecular formula is C45H76O4. The molecule has 4 aliphatic carbocycles. The van der Waals surface area contributed by atoms with Crippen LogP contribution in [0.5, 0.6) is 0 Å². The number of ether oxygens (including phenoxy) is 1. The van der Waals surface area contributed by atoms with Crippen LogP contribution in [0.25, 0.3) is 0 Å². The lowest BCUT2D eigenvalue weighted by Gasteiger charge is -2.58. The summed E-state index contributed by atoms with van der Waals surface area (Å²) in [5.41, 5.74) is 2.47. The summed E-state index contributed by atoms with van der Waals surface area (Å²) >= 11 is 0. The fourth-order valence-corrected chi connectivity index (χ4v) is 11.2. The predicted octanol–water partition coefficient (Wildman–Crippen LogP) is 13.2. The van der Waals surface area contributed by atoms with Gasteiger partial charge in [-0.3, -0.25) is 10.1 Å². The molecule has 3 saturated carbocycles. The Morgan fingerprint density at radius 1 is 0.898 bits per heavy atom. The van der Waals surface area contributed by atoms with Crippen LogP contribution < -0.4 is 0 Å².